The molecule has 2 aliphatic rings. The summed E-state index contributed by atoms with van der Waals surface area (Å²) in [5, 5.41) is 4.13. The Kier molecular flexibility index (Phi) is 7.85. The van der Waals surface area contributed by atoms with Gasteiger partial charge in [-0.25, -0.2) is 0 Å². The van der Waals surface area contributed by atoms with E-state index in [4.69, 9.17) is 14.2 Å². The normalized spacial score (nSPS) is 19.1. The molecule has 0 aliphatic carbocycles. The van der Waals surface area contributed by atoms with Crippen LogP contribution in [-0.4, -0.2) is 86.3 Å². The Bertz CT molecular complexity index is 1280. The summed E-state index contributed by atoms with van der Waals surface area (Å²) in [6.07, 6.45) is 1.57. The molecule has 1 amide bonds. The SMILES string of the molecule is CCOC(=O)CNCC(=O)N1CCc2c([nH]c3ccc(OC)cc23)C12CCN(CCOc1ccccc1)C2. The van der Waals surface area contributed by atoms with Gasteiger partial charge in [-0.1, -0.05) is 18.2 Å². The molecule has 0 saturated carbocycles. The molecule has 1 spiro atoms. The van der Waals surface area contributed by atoms with Gasteiger partial charge in [0.05, 0.1) is 32.3 Å². The summed E-state index contributed by atoms with van der Waals surface area (Å²) in [5.41, 5.74) is 2.94. The van der Waals surface area contributed by atoms with Crippen molar-refractivity contribution in [2.75, 3.05) is 59.6 Å². The zero-order valence-corrected chi connectivity index (χ0v) is 22.1. The highest BCUT2D eigenvalue weighted by Gasteiger charge is 2.50. The number of amides is 1. The second-order valence-corrected chi connectivity index (χ2v) is 9.81. The number of carbonyl (C=O) groups excluding carboxylic acids is 2. The highest BCUT2D eigenvalue weighted by atomic mass is 16.5. The molecule has 3 aromatic rings. The lowest BCUT2D eigenvalue weighted by Crippen LogP contribution is -2.57. The molecule has 2 aliphatic heterocycles. The Labute approximate surface area is 223 Å². The molecule has 9 nitrogen and oxygen atoms in total. The van der Waals surface area contributed by atoms with E-state index in [0.717, 1.165) is 54.0 Å². The van der Waals surface area contributed by atoms with Crippen molar-refractivity contribution < 1.29 is 23.8 Å². The van der Waals surface area contributed by atoms with E-state index in [0.29, 0.717) is 26.3 Å². The number of methoxy groups -OCH3 is 1. The number of hydrogen-bond donors (Lipinski definition) is 2. The van der Waals surface area contributed by atoms with Gasteiger partial charge in [-0.15, -0.1) is 0 Å². The zero-order valence-electron chi connectivity index (χ0n) is 22.1. The molecule has 202 valence electrons. The molecule has 1 atom stereocenters. The van der Waals surface area contributed by atoms with E-state index in [-0.39, 0.29) is 25.0 Å². The second-order valence-electron chi connectivity index (χ2n) is 9.81. The van der Waals surface area contributed by atoms with Crippen LogP contribution in [0.15, 0.2) is 48.5 Å². The highest BCUT2D eigenvalue weighted by Crippen LogP contribution is 2.45. The van der Waals surface area contributed by atoms with Gasteiger partial charge in [0.15, 0.2) is 0 Å². The molecule has 5 rings (SSSR count). The van der Waals surface area contributed by atoms with Crippen LogP contribution in [0.5, 0.6) is 11.5 Å². The molecule has 2 aromatic carbocycles. The van der Waals surface area contributed by atoms with Crippen molar-refractivity contribution in [3.63, 3.8) is 0 Å². The fraction of sp³-hybridized carbons (Fsp3) is 0.448. The summed E-state index contributed by atoms with van der Waals surface area (Å²) in [6.45, 7) is 5.72. The van der Waals surface area contributed by atoms with Crippen LogP contribution in [-0.2, 0) is 26.3 Å². The minimum Gasteiger partial charge on any atom is -0.497 e. The molecule has 2 N–H and O–H groups in total. The molecular formula is C29H36N4O5. The van der Waals surface area contributed by atoms with Crippen LogP contribution in [0.1, 0.15) is 24.6 Å². The van der Waals surface area contributed by atoms with Gasteiger partial charge in [0, 0.05) is 42.8 Å². The molecular weight excluding hydrogens is 484 g/mol. The molecule has 1 saturated heterocycles. The van der Waals surface area contributed by atoms with Crippen molar-refractivity contribution in [2.45, 2.75) is 25.3 Å². The van der Waals surface area contributed by atoms with Gasteiger partial charge in [-0.2, -0.15) is 0 Å². The number of nitrogens with zero attached hydrogens (tertiary/aromatic N) is 2. The maximum absolute atomic E-state index is 13.6. The zero-order chi connectivity index (χ0) is 26.5. The average molecular weight is 521 g/mol. The number of fused-ring (bicyclic) bond motifs is 4. The van der Waals surface area contributed by atoms with E-state index in [2.05, 4.69) is 21.3 Å². The number of H-pyrrole nitrogens is 1. The quantitative estimate of drug-likeness (QED) is 0.397. The van der Waals surface area contributed by atoms with Crippen molar-refractivity contribution in [3.8, 4) is 11.5 Å². The maximum atomic E-state index is 13.6. The molecule has 3 heterocycles. The highest BCUT2D eigenvalue weighted by molar-refractivity contribution is 5.88. The summed E-state index contributed by atoms with van der Waals surface area (Å²) >= 11 is 0. The molecule has 1 fully saturated rings. The topological polar surface area (TPSA) is 96.1 Å². The fourth-order valence-electron chi connectivity index (χ4n) is 5.82. The van der Waals surface area contributed by atoms with Crippen molar-refractivity contribution >= 4 is 22.8 Å². The van der Waals surface area contributed by atoms with Gasteiger partial charge in [0.2, 0.25) is 5.91 Å². The fourth-order valence-corrected chi connectivity index (χ4v) is 5.82. The van der Waals surface area contributed by atoms with E-state index in [1.165, 1.54) is 5.56 Å². The first-order valence-corrected chi connectivity index (χ1v) is 13.3. The second kappa shape index (κ2) is 11.4. The summed E-state index contributed by atoms with van der Waals surface area (Å²) < 4.78 is 16.4. The molecule has 0 radical (unpaired) electrons. The van der Waals surface area contributed by atoms with Crippen LogP contribution < -0.4 is 14.8 Å². The Balaban J connectivity index is 1.37. The predicted octanol–water partition coefficient (Wildman–Crippen LogP) is 2.69. The van der Waals surface area contributed by atoms with Crippen LogP contribution in [0.4, 0.5) is 0 Å². The standard InChI is InChI=1S/C29H36N4O5/c1-3-37-27(35)19-30-18-26(34)33-13-11-23-24-17-22(36-2)9-10-25(24)31-28(23)29(33)12-14-32(20-29)15-16-38-21-7-5-4-6-8-21/h4-10,17,30-31H,3,11-16,18-20H2,1-2H3. The third-order valence-corrected chi connectivity index (χ3v) is 7.58. The molecule has 0 bridgehead atoms. The molecule has 1 unspecified atom stereocenters. The van der Waals surface area contributed by atoms with Gasteiger partial charge >= 0.3 is 5.97 Å². The van der Waals surface area contributed by atoms with Crippen LogP contribution in [0, 0.1) is 0 Å². The van der Waals surface area contributed by atoms with E-state index in [1.807, 2.05) is 47.4 Å². The monoisotopic (exact) mass is 520 g/mol. The van der Waals surface area contributed by atoms with Crippen molar-refractivity contribution in [1.82, 2.24) is 20.1 Å². The van der Waals surface area contributed by atoms with Gasteiger partial charge in [-0.3, -0.25) is 19.8 Å². The summed E-state index contributed by atoms with van der Waals surface area (Å²) in [4.78, 5) is 33.4. The molecule has 38 heavy (non-hydrogen) atoms. The van der Waals surface area contributed by atoms with Gasteiger partial charge < -0.3 is 24.1 Å². The van der Waals surface area contributed by atoms with Crippen LogP contribution >= 0.6 is 0 Å². The third-order valence-electron chi connectivity index (χ3n) is 7.58. The maximum Gasteiger partial charge on any atom is 0.319 e. The first-order valence-electron chi connectivity index (χ1n) is 13.3. The number of carbonyl (C=O) groups is 2. The van der Waals surface area contributed by atoms with Crippen molar-refractivity contribution in [2.24, 2.45) is 0 Å². The largest absolute Gasteiger partial charge is 0.497 e. The lowest BCUT2D eigenvalue weighted by Gasteiger charge is -2.45. The van der Waals surface area contributed by atoms with Gasteiger partial charge in [-0.05, 0) is 55.7 Å². The Morgan fingerprint density at radius 2 is 1.92 bits per heavy atom. The Morgan fingerprint density at radius 3 is 2.71 bits per heavy atom. The number of benzene rings is 2. The smallest absolute Gasteiger partial charge is 0.319 e. The lowest BCUT2D eigenvalue weighted by atomic mass is 9.83. The lowest BCUT2D eigenvalue weighted by molar-refractivity contribution is -0.142. The summed E-state index contributed by atoms with van der Waals surface area (Å²) in [5.74, 6) is 1.31. The third kappa shape index (κ3) is 5.21. The number of aromatic amines is 1. The van der Waals surface area contributed by atoms with Crippen LogP contribution in [0.3, 0.4) is 0 Å². The summed E-state index contributed by atoms with van der Waals surface area (Å²) in [7, 11) is 1.68. The Hall–Kier alpha value is -3.56. The van der Waals surface area contributed by atoms with Gasteiger partial charge in [0.1, 0.15) is 18.1 Å². The van der Waals surface area contributed by atoms with Gasteiger partial charge in [0.25, 0.3) is 0 Å². The van der Waals surface area contributed by atoms with Crippen molar-refractivity contribution in [3.05, 3.63) is 59.8 Å². The number of ether oxygens (including phenoxy) is 3. The summed E-state index contributed by atoms with van der Waals surface area (Å²) in [6, 6.07) is 15.9. The number of hydrogen-bond acceptors (Lipinski definition) is 7. The van der Waals surface area contributed by atoms with Crippen LogP contribution in [0.2, 0.25) is 0 Å². The minimum absolute atomic E-state index is 0.0147. The number of para-hydroxylation sites is 1. The van der Waals surface area contributed by atoms with E-state index < -0.39 is 5.54 Å². The average Bonchev–Trinajstić information content (AvgIpc) is 3.52. The number of rotatable bonds is 10. The molecule has 9 heteroatoms. The first-order chi connectivity index (χ1) is 18.5. The van der Waals surface area contributed by atoms with Crippen LogP contribution in [0.25, 0.3) is 10.9 Å². The number of nitrogens with one attached hydrogen (secondary N) is 2. The predicted molar refractivity (Wildman–Crippen MR) is 144 cm³/mol. The first kappa shape index (κ1) is 26.1. The van der Waals surface area contributed by atoms with E-state index >= 15 is 0 Å². The molecule has 1 aromatic heterocycles. The number of esters is 1. The minimum atomic E-state index is -0.477. The number of aromatic nitrogens is 1. The van der Waals surface area contributed by atoms with Crippen molar-refractivity contribution in [1.29, 1.82) is 0 Å². The van der Waals surface area contributed by atoms with E-state index in [9.17, 15) is 9.59 Å². The Morgan fingerprint density at radius 1 is 1.08 bits per heavy atom. The van der Waals surface area contributed by atoms with E-state index in [1.54, 1.807) is 14.0 Å². The number of likely N-dealkylation sites (tertiary alicyclic amines) is 1.